The first-order chi connectivity index (χ1) is 10.9. The highest BCUT2D eigenvalue weighted by Gasteiger charge is 2.17. The minimum Gasteiger partial charge on any atom is -0.496 e. The van der Waals surface area contributed by atoms with Crippen molar-refractivity contribution in [2.24, 2.45) is 0 Å². The largest absolute Gasteiger partial charge is 0.496 e. The molecule has 23 heavy (non-hydrogen) atoms. The first-order valence-corrected chi connectivity index (χ1v) is 7.04. The van der Waals surface area contributed by atoms with E-state index in [1.54, 1.807) is 6.07 Å². The zero-order valence-corrected chi connectivity index (χ0v) is 13.3. The quantitative estimate of drug-likeness (QED) is 0.470. The second-order valence-electron chi connectivity index (χ2n) is 4.81. The molecule has 0 bridgehead atoms. The smallest absolute Gasteiger partial charge is 0.338 e. The van der Waals surface area contributed by atoms with Crippen molar-refractivity contribution in [3.63, 3.8) is 0 Å². The second-order valence-corrected chi connectivity index (χ2v) is 5.22. The Kier molecular flexibility index (Phi) is 5.18. The number of hydrogen-bond acceptors (Lipinski definition) is 5. The molecule has 0 aromatic heterocycles. The summed E-state index contributed by atoms with van der Waals surface area (Å²) in [4.78, 5) is 22.3. The standard InChI is InChI=1S/C16H14ClNO5/c1-10-3-6-15(22-2)12(7-10)9-23-16(19)11-4-5-13(17)14(8-11)18(20)21/h3-8H,9H2,1-2H3. The molecule has 7 heteroatoms. The SMILES string of the molecule is COc1ccc(C)cc1COC(=O)c1ccc(Cl)c([N+](=O)[O-])c1. The second kappa shape index (κ2) is 7.11. The van der Waals surface area contributed by atoms with E-state index in [9.17, 15) is 14.9 Å². The van der Waals surface area contributed by atoms with Gasteiger partial charge in [0.1, 0.15) is 17.4 Å². The molecule has 0 saturated carbocycles. The van der Waals surface area contributed by atoms with Crippen molar-refractivity contribution in [1.29, 1.82) is 0 Å². The number of nitro groups is 1. The van der Waals surface area contributed by atoms with E-state index in [2.05, 4.69) is 0 Å². The van der Waals surface area contributed by atoms with Crippen LogP contribution in [0.25, 0.3) is 0 Å². The molecule has 120 valence electrons. The van der Waals surface area contributed by atoms with Crippen LogP contribution in [0.2, 0.25) is 5.02 Å². The lowest BCUT2D eigenvalue weighted by molar-refractivity contribution is -0.384. The fourth-order valence-corrected chi connectivity index (χ4v) is 2.21. The maximum atomic E-state index is 12.1. The summed E-state index contributed by atoms with van der Waals surface area (Å²) in [6.45, 7) is 1.91. The molecule has 0 unspecified atom stereocenters. The first-order valence-electron chi connectivity index (χ1n) is 6.67. The van der Waals surface area contributed by atoms with Gasteiger partial charge in [-0.15, -0.1) is 0 Å². The third-order valence-electron chi connectivity index (χ3n) is 3.17. The van der Waals surface area contributed by atoms with Crippen LogP contribution in [0, 0.1) is 17.0 Å². The molecular formula is C16H14ClNO5. The van der Waals surface area contributed by atoms with E-state index in [1.807, 2.05) is 19.1 Å². The maximum Gasteiger partial charge on any atom is 0.338 e. The number of halogens is 1. The van der Waals surface area contributed by atoms with Gasteiger partial charge in [0.2, 0.25) is 0 Å². The fraction of sp³-hybridized carbons (Fsp3) is 0.188. The number of benzene rings is 2. The Labute approximate surface area is 137 Å². The van der Waals surface area contributed by atoms with Crippen molar-refractivity contribution in [3.8, 4) is 5.75 Å². The Bertz CT molecular complexity index is 760. The van der Waals surface area contributed by atoms with Crippen LogP contribution < -0.4 is 4.74 Å². The molecule has 6 nitrogen and oxygen atoms in total. The van der Waals surface area contributed by atoms with Gasteiger partial charge < -0.3 is 9.47 Å². The van der Waals surface area contributed by atoms with Gasteiger partial charge in [-0.1, -0.05) is 23.2 Å². The average Bonchev–Trinajstić information content (AvgIpc) is 2.52. The molecular weight excluding hydrogens is 322 g/mol. The van der Waals surface area contributed by atoms with Gasteiger partial charge in [0.05, 0.1) is 17.6 Å². The zero-order valence-electron chi connectivity index (χ0n) is 12.5. The highest BCUT2D eigenvalue weighted by atomic mass is 35.5. The van der Waals surface area contributed by atoms with Crippen LogP contribution in [0.4, 0.5) is 5.69 Å². The molecule has 0 N–H and O–H groups in total. The lowest BCUT2D eigenvalue weighted by Gasteiger charge is -2.10. The van der Waals surface area contributed by atoms with Crippen LogP contribution in [0.5, 0.6) is 5.75 Å². The van der Waals surface area contributed by atoms with E-state index in [4.69, 9.17) is 21.1 Å². The summed E-state index contributed by atoms with van der Waals surface area (Å²) in [5.41, 5.74) is 1.44. The van der Waals surface area contributed by atoms with E-state index in [-0.39, 0.29) is 22.9 Å². The molecule has 0 aliphatic carbocycles. The summed E-state index contributed by atoms with van der Waals surface area (Å²) >= 11 is 5.72. The number of carbonyl (C=O) groups excluding carboxylic acids is 1. The number of methoxy groups -OCH3 is 1. The van der Waals surface area contributed by atoms with Gasteiger partial charge in [0.15, 0.2) is 0 Å². The Hall–Kier alpha value is -2.60. The van der Waals surface area contributed by atoms with E-state index in [1.165, 1.54) is 19.2 Å². The fourth-order valence-electron chi connectivity index (χ4n) is 2.03. The highest BCUT2D eigenvalue weighted by Crippen LogP contribution is 2.26. The molecule has 0 heterocycles. The minimum absolute atomic E-state index is 0.000110. The van der Waals surface area contributed by atoms with E-state index in [0.29, 0.717) is 11.3 Å². The molecule has 2 aromatic rings. The van der Waals surface area contributed by atoms with Crippen LogP contribution in [0.1, 0.15) is 21.5 Å². The number of carbonyl (C=O) groups is 1. The van der Waals surface area contributed by atoms with Gasteiger partial charge >= 0.3 is 5.97 Å². The van der Waals surface area contributed by atoms with Crippen LogP contribution >= 0.6 is 11.6 Å². The number of nitrogens with zero attached hydrogens (tertiary/aromatic N) is 1. The molecule has 0 radical (unpaired) electrons. The predicted molar refractivity (Wildman–Crippen MR) is 85.0 cm³/mol. The Morgan fingerprint density at radius 3 is 2.65 bits per heavy atom. The van der Waals surface area contributed by atoms with Crippen LogP contribution in [-0.2, 0) is 11.3 Å². The Morgan fingerprint density at radius 2 is 2.00 bits per heavy atom. The normalized spacial score (nSPS) is 10.2. The predicted octanol–water partition coefficient (Wildman–Crippen LogP) is 3.92. The van der Waals surface area contributed by atoms with Crippen LogP contribution in [-0.4, -0.2) is 18.0 Å². The van der Waals surface area contributed by atoms with E-state index < -0.39 is 10.9 Å². The number of aryl methyl sites for hydroxylation is 1. The highest BCUT2D eigenvalue weighted by molar-refractivity contribution is 6.32. The summed E-state index contributed by atoms with van der Waals surface area (Å²) in [5.74, 6) is -0.0705. The Balaban J connectivity index is 2.16. The summed E-state index contributed by atoms with van der Waals surface area (Å²) in [7, 11) is 1.53. The minimum atomic E-state index is -0.673. The average molecular weight is 336 g/mol. The molecule has 0 saturated heterocycles. The van der Waals surface area contributed by atoms with Crippen LogP contribution in [0.3, 0.4) is 0 Å². The Morgan fingerprint density at radius 1 is 1.26 bits per heavy atom. The van der Waals surface area contributed by atoms with Gasteiger partial charge in [0, 0.05) is 11.6 Å². The summed E-state index contributed by atoms with van der Waals surface area (Å²) in [6.07, 6.45) is 0. The van der Waals surface area contributed by atoms with Gasteiger partial charge in [-0.25, -0.2) is 4.79 Å². The van der Waals surface area contributed by atoms with Crippen molar-refractivity contribution in [1.82, 2.24) is 0 Å². The van der Waals surface area contributed by atoms with Crippen molar-refractivity contribution in [2.75, 3.05) is 7.11 Å². The molecule has 0 amide bonds. The number of nitro benzene ring substituents is 1. The number of hydrogen-bond donors (Lipinski definition) is 0. The third-order valence-corrected chi connectivity index (χ3v) is 3.49. The molecule has 0 aliphatic rings. The lowest BCUT2D eigenvalue weighted by atomic mass is 10.1. The van der Waals surface area contributed by atoms with Crippen molar-refractivity contribution >= 4 is 23.3 Å². The molecule has 0 atom stereocenters. The topological polar surface area (TPSA) is 78.7 Å². The monoisotopic (exact) mass is 335 g/mol. The molecule has 2 aromatic carbocycles. The molecule has 0 aliphatic heterocycles. The van der Waals surface area contributed by atoms with Crippen LogP contribution in [0.15, 0.2) is 36.4 Å². The number of rotatable bonds is 5. The van der Waals surface area contributed by atoms with E-state index in [0.717, 1.165) is 11.6 Å². The molecule has 0 fully saturated rings. The van der Waals surface area contributed by atoms with Crippen molar-refractivity contribution in [2.45, 2.75) is 13.5 Å². The van der Waals surface area contributed by atoms with Gasteiger partial charge in [-0.2, -0.15) is 0 Å². The zero-order chi connectivity index (χ0) is 17.0. The maximum absolute atomic E-state index is 12.1. The van der Waals surface area contributed by atoms with Gasteiger partial charge in [0.25, 0.3) is 5.69 Å². The van der Waals surface area contributed by atoms with Crippen molar-refractivity contribution in [3.05, 3.63) is 68.2 Å². The number of esters is 1. The van der Waals surface area contributed by atoms with Gasteiger partial charge in [-0.3, -0.25) is 10.1 Å². The summed E-state index contributed by atoms with van der Waals surface area (Å²) in [5, 5.41) is 10.8. The molecule has 2 rings (SSSR count). The number of ether oxygens (including phenoxy) is 2. The lowest BCUT2D eigenvalue weighted by Crippen LogP contribution is -2.07. The summed E-state index contributed by atoms with van der Waals surface area (Å²) < 4.78 is 10.4. The van der Waals surface area contributed by atoms with Gasteiger partial charge in [-0.05, 0) is 31.2 Å². The summed E-state index contributed by atoms with van der Waals surface area (Å²) in [6, 6.07) is 9.28. The third kappa shape index (κ3) is 3.98. The first kappa shape index (κ1) is 16.8. The van der Waals surface area contributed by atoms with E-state index >= 15 is 0 Å². The molecule has 0 spiro atoms. The van der Waals surface area contributed by atoms with Crippen molar-refractivity contribution < 1.29 is 19.2 Å².